The van der Waals surface area contributed by atoms with Crippen LogP contribution in [-0.2, 0) is 20.0 Å². The van der Waals surface area contributed by atoms with Gasteiger partial charge in [-0.25, -0.2) is 4.79 Å². The van der Waals surface area contributed by atoms with Crippen LogP contribution >= 0.6 is 11.6 Å². The van der Waals surface area contributed by atoms with Crippen LogP contribution in [0.15, 0.2) is 50.6 Å². The van der Waals surface area contributed by atoms with E-state index in [1.54, 1.807) is 12.1 Å². The lowest BCUT2D eigenvalue weighted by Crippen LogP contribution is -2.38. The van der Waals surface area contributed by atoms with Gasteiger partial charge in [-0.2, -0.15) is 4.98 Å². The van der Waals surface area contributed by atoms with Gasteiger partial charge >= 0.3 is 5.69 Å². The van der Waals surface area contributed by atoms with Crippen molar-refractivity contribution in [2.45, 2.75) is 19.0 Å². The summed E-state index contributed by atoms with van der Waals surface area (Å²) in [4.78, 5) is 27.9. The summed E-state index contributed by atoms with van der Waals surface area (Å²) in [6.45, 7) is -0.198. The third-order valence-corrected chi connectivity index (χ3v) is 3.80. The molecule has 3 aromatic rings. The molecule has 1 atom stereocenters. The molecule has 25 heavy (non-hydrogen) atoms. The number of hydrogen-bond acceptors (Lipinski definition) is 6. The van der Waals surface area contributed by atoms with Gasteiger partial charge in [0.1, 0.15) is 6.54 Å². The summed E-state index contributed by atoms with van der Waals surface area (Å²) in [5, 5.41) is 14.5. The van der Waals surface area contributed by atoms with Gasteiger partial charge in [0, 0.05) is 30.8 Å². The molecule has 3 rings (SSSR count). The lowest BCUT2D eigenvalue weighted by atomic mass is 10.1. The number of aryl methyl sites for hydroxylation is 1. The summed E-state index contributed by atoms with van der Waals surface area (Å²) in [7, 11) is 1.52. The first kappa shape index (κ1) is 15.8. The van der Waals surface area contributed by atoms with E-state index in [0.717, 1.165) is 4.57 Å². The molecular formula is C16H15ClN4O4. The molecule has 1 N–H and O–H groups in total. The first-order valence-electron chi connectivity index (χ1n) is 7.82. The molecular weight excluding hydrogens is 348 g/mol. The Kier molecular flexibility index (Phi) is 4.45. The highest BCUT2D eigenvalue weighted by atomic mass is 35.5. The van der Waals surface area contributed by atoms with Gasteiger partial charge in [0.15, 0.2) is 5.82 Å². The van der Waals surface area contributed by atoms with Crippen LogP contribution in [-0.4, -0.2) is 24.4 Å². The van der Waals surface area contributed by atoms with Gasteiger partial charge in [-0.05, 0) is 17.7 Å². The third kappa shape index (κ3) is 3.86. The molecule has 0 spiro atoms. The molecule has 0 bridgehead atoms. The second-order valence-corrected chi connectivity index (χ2v) is 5.80. The minimum absolute atomic E-state index is 0.0253. The zero-order chi connectivity index (χ0) is 18.9. The van der Waals surface area contributed by atoms with E-state index < -0.39 is 17.3 Å². The quantitative estimate of drug-likeness (QED) is 0.722. The zero-order valence-corrected chi connectivity index (χ0v) is 14.0. The first-order valence-corrected chi connectivity index (χ1v) is 7.70. The molecule has 0 saturated heterocycles. The maximum absolute atomic E-state index is 12.0. The molecule has 0 unspecified atom stereocenters. The Bertz CT molecular complexity index is 1040. The molecule has 0 fully saturated rings. The van der Waals surface area contributed by atoms with Crippen LogP contribution in [0.3, 0.4) is 0 Å². The highest BCUT2D eigenvalue weighted by molar-refractivity contribution is 6.30. The van der Waals surface area contributed by atoms with E-state index in [9.17, 15) is 14.7 Å². The van der Waals surface area contributed by atoms with E-state index in [4.69, 9.17) is 17.5 Å². The molecule has 0 amide bonds. The standard InChI is InChI=1S/C16H15ClN4O4/c1-20-7-6-15(23)21(16(20)24)9-14-18-13(19-25-14)8-12(22)10-2-4-11(17)5-3-10/h2-7,12,22H,8-9H2,1H3/t12-/m0/s1/i12D. The van der Waals surface area contributed by atoms with Gasteiger partial charge in [0.25, 0.3) is 5.56 Å². The largest absolute Gasteiger partial charge is 0.388 e. The van der Waals surface area contributed by atoms with E-state index in [1.165, 1.54) is 36.0 Å². The van der Waals surface area contributed by atoms with Crippen LogP contribution < -0.4 is 11.2 Å². The van der Waals surface area contributed by atoms with Crippen molar-refractivity contribution in [1.29, 1.82) is 0 Å². The van der Waals surface area contributed by atoms with E-state index in [2.05, 4.69) is 10.1 Å². The number of benzene rings is 1. The van der Waals surface area contributed by atoms with Crippen molar-refractivity contribution in [2.75, 3.05) is 0 Å². The molecule has 8 nitrogen and oxygen atoms in total. The van der Waals surface area contributed by atoms with Crippen LogP contribution in [0.25, 0.3) is 0 Å². The third-order valence-electron chi connectivity index (χ3n) is 3.55. The predicted octanol–water partition coefficient (Wildman–Crippen LogP) is 0.908. The number of aromatic nitrogens is 4. The maximum Gasteiger partial charge on any atom is 0.331 e. The van der Waals surface area contributed by atoms with Crippen molar-refractivity contribution in [3.63, 3.8) is 0 Å². The summed E-state index contributed by atoms with van der Waals surface area (Å²) in [6.07, 6.45) is -0.849. The van der Waals surface area contributed by atoms with Crippen molar-refractivity contribution in [2.24, 2.45) is 7.05 Å². The Morgan fingerprint density at radius 3 is 2.76 bits per heavy atom. The molecule has 130 valence electrons. The Labute approximate surface area is 148 Å². The molecule has 2 heterocycles. The van der Waals surface area contributed by atoms with Crippen LogP contribution in [0.2, 0.25) is 5.02 Å². The van der Waals surface area contributed by atoms with Crippen molar-refractivity contribution < 1.29 is 11.0 Å². The summed E-state index contributed by atoms with van der Waals surface area (Å²) in [5.41, 5.74) is -0.692. The van der Waals surface area contributed by atoms with Crippen molar-refractivity contribution in [1.82, 2.24) is 19.3 Å². The first-order chi connectivity index (χ1) is 12.3. The number of rotatable bonds is 5. The highest BCUT2D eigenvalue weighted by Crippen LogP contribution is 2.19. The Morgan fingerprint density at radius 1 is 1.32 bits per heavy atom. The van der Waals surface area contributed by atoms with E-state index in [-0.39, 0.29) is 24.7 Å². The normalized spacial score (nSPS) is 14.1. The smallest absolute Gasteiger partial charge is 0.331 e. The van der Waals surface area contributed by atoms with Gasteiger partial charge in [-0.15, -0.1) is 0 Å². The van der Waals surface area contributed by atoms with Gasteiger partial charge < -0.3 is 14.2 Å². The SMILES string of the molecule is [2H][C@](O)(Cc1noc(Cn2c(=O)ccn(C)c2=O)n1)c1ccc(Cl)cc1. The number of halogens is 1. The predicted molar refractivity (Wildman–Crippen MR) is 89.5 cm³/mol. The Hall–Kier alpha value is -2.71. The lowest BCUT2D eigenvalue weighted by Gasteiger charge is -2.08. The maximum atomic E-state index is 12.0. The van der Waals surface area contributed by atoms with Crippen LogP contribution in [0, 0.1) is 0 Å². The summed E-state index contributed by atoms with van der Waals surface area (Å²) in [6, 6.07) is 7.44. The molecule has 0 saturated carbocycles. The second kappa shape index (κ2) is 7.04. The fourth-order valence-corrected chi connectivity index (χ4v) is 2.34. The average Bonchev–Trinajstić information content (AvgIpc) is 3.02. The topological polar surface area (TPSA) is 103 Å². The number of hydrogen-bond donors (Lipinski definition) is 1. The summed E-state index contributed by atoms with van der Waals surface area (Å²) < 4.78 is 15.3. The lowest BCUT2D eigenvalue weighted by molar-refractivity contribution is 0.174. The molecule has 9 heteroatoms. The van der Waals surface area contributed by atoms with Gasteiger partial charge in [0.2, 0.25) is 5.89 Å². The van der Waals surface area contributed by atoms with Gasteiger partial charge in [-0.3, -0.25) is 9.36 Å². The van der Waals surface area contributed by atoms with Crippen molar-refractivity contribution >= 4 is 11.6 Å². The Balaban J connectivity index is 1.80. The van der Waals surface area contributed by atoms with Gasteiger partial charge in [-0.1, -0.05) is 28.9 Å². The van der Waals surface area contributed by atoms with Gasteiger partial charge in [0.05, 0.1) is 7.45 Å². The zero-order valence-electron chi connectivity index (χ0n) is 14.2. The van der Waals surface area contributed by atoms with E-state index >= 15 is 0 Å². The molecule has 0 aliphatic heterocycles. The highest BCUT2D eigenvalue weighted by Gasteiger charge is 2.15. The minimum Gasteiger partial charge on any atom is -0.388 e. The monoisotopic (exact) mass is 363 g/mol. The molecule has 2 aromatic heterocycles. The summed E-state index contributed by atoms with van der Waals surface area (Å²) in [5.74, 6) is 0.102. The van der Waals surface area contributed by atoms with Crippen molar-refractivity contribution in [3.05, 3.63) is 79.7 Å². The molecule has 0 aliphatic carbocycles. The fourth-order valence-electron chi connectivity index (χ4n) is 2.22. The molecule has 1 aromatic carbocycles. The van der Waals surface area contributed by atoms with E-state index in [0.29, 0.717) is 10.6 Å². The van der Waals surface area contributed by atoms with E-state index in [1.807, 2.05) is 0 Å². The van der Waals surface area contributed by atoms with Crippen LogP contribution in [0.4, 0.5) is 0 Å². The number of nitrogens with zero attached hydrogens (tertiary/aromatic N) is 4. The molecule has 0 radical (unpaired) electrons. The minimum atomic E-state index is -1.98. The Morgan fingerprint density at radius 2 is 2.04 bits per heavy atom. The molecule has 0 aliphatic rings. The number of aliphatic hydroxyl groups is 1. The summed E-state index contributed by atoms with van der Waals surface area (Å²) >= 11 is 5.80. The fraction of sp³-hybridized carbons (Fsp3) is 0.250. The average molecular weight is 364 g/mol. The van der Waals surface area contributed by atoms with Crippen molar-refractivity contribution in [3.8, 4) is 0 Å². The van der Waals surface area contributed by atoms with Crippen LogP contribution in [0.5, 0.6) is 0 Å². The second-order valence-electron chi connectivity index (χ2n) is 5.37. The van der Waals surface area contributed by atoms with Crippen LogP contribution in [0.1, 0.15) is 24.7 Å².